The van der Waals surface area contributed by atoms with Gasteiger partial charge in [-0.25, -0.2) is 0 Å². The van der Waals surface area contributed by atoms with E-state index in [9.17, 15) is 14.4 Å². The fraction of sp³-hybridized carbons (Fsp3) is 0.870. The Hall–Kier alpha value is -1.77. The van der Waals surface area contributed by atoms with Crippen molar-refractivity contribution in [2.45, 2.75) is 366 Å². The van der Waals surface area contributed by atoms with E-state index in [1.807, 2.05) is 27.7 Å². The van der Waals surface area contributed by atoms with E-state index in [2.05, 4.69) is 84.9 Å². The van der Waals surface area contributed by atoms with Crippen LogP contribution in [0.5, 0.6) is 0 Å². The summed E-state index contributed by atoms with van der Waals surface area (Å²) in [5, 5.41) is 0. The first-order chi connectivity index (χ1) is 34.8. The van der Waals surface area contributed by atoms with E-state index in [1.54, 1.807) is 6.92 Å². The standard InChI is InChI=1S/C25H52.C21H36O.C15H30O.C8H16O/c1-4-5-6-7-8-9-10-11-12-13-14-15-16-17-18-19-20-21-22-23-24-25(2)3;1-4-5-6-7-8-9-10-11-12-13-14-15-16-17-18-19-21(22)20(2)3;1-4-5-6-7-8-9-10-11-12-13-15(16)14(2)3;1-7(2)5-4-6-8(3)9/h25H,4-24H2,1-3H3;8-9,11-12,14-15,20H,4-7,10,13,16-19H2,1-3H3;14H,4-13H2,1-3H3;7H,4-6H2,1-3H3/b;9-8-,12-11-,15-14-;;. The molecule has 0 aliphatic heterocycles. The molecule has 0 aromatic carbocycles. The van der Waals surface area contributed by atoms with Crippen LogP contribution in [0, 0.1) is 23.7 Å². The molecule has 3 heteroatoms. The second-order valence-corrected chi connectivity index (χ2v) is 23.3. The van der Waals surface area contributed by atoms with Crippen molar-refractivity contribution in [2.75, 3.05) is 0 Å². The van der Waals surface area contributed by atoms with Gasteiger partial charge in [-0.2, -0.15) is 0 Å². The highest BCUT2D eigenvalue weighted by molar-refractivity contribution is 5.80. The summed E-state index contributed by atoms with van der Waals surface area (Å²) in [4.78, 5) is 33.2. The molecule has 0 heterocycles. The number of unbranched alkanes of at least 4 members (excludes halogenated alkanes) is 32. The molecular weight excluding hydrogens is 877 g/mol. The van der Waals surface area contributed by atoms with Gasteiger partial charge in [0.25, 0.3) is 0 Å². The monoisotopic (exact) mass is 1010 g/mol. The van der Waals surface area contributed by atoms with Crippen LogP contribution >= 0.6 is 0 Å². The van der Waals surface area contributed by atoms with E-state index in [4.69, 9.17) is 0 Å². The molecule has 3 nitrogen and oxygen atoms in total. The molecule has 0 unspecified atom stereocenters. The topological polar surface area (TPSA) is 51.2 Å². The first-order valence-electron chi connectivity index (χ1n) is 32.3. The summed E-state index contributed by atoms with van der Waals surface area (Å²) in [5.41, 5.74) is 0. The Morgan fingerprint density at radius 2 is 0.542 bits per heavy atom. The van der Waals surface area contributed by atoms with Crippen LogP contribution in [-0.4, -0.2) is 17.3 Å². The predicted molar refractivity (Wildman–Crippen MR) is 328 cm³/mol. The second-order valence-electron chi connectivity index (χ2n) is 23.3. The number of rotatable bonds is 50. The van der Waals surface area contributed by atoms with Crippen molar-refractivity contribution < 1.29 is 14.4 Å². The van der Waals surface area contributed by atoms with E-state index in [0.717, 1.165) is 76.0 Å². The third kappa shape index (κ3) is 79.6. The highest BCUT2D eigenvalue weighted by atomic mass is 16.1. The first-order valence-corrected chi connectivity index (χ1v) is 32.3. The van der Waals surface area contributed by atoms with E-state index >= 15 is 0 Å². The van der Waals surface area contributed by atoms with Crippen LogP contribution in [0.3, 0.4) is 0 Å². The molecule has 72 heavy (non-hydrogen) atoms. The Morgan fingerprint density at radius 1 is 0.292 bits per heavy atom. The van der Waals surface area contributed by atoms with Gasteiger partial charge < -0.3 is 4.79 Å². The average molecular weight is 1010 g/mol. The SMILES string of the molecule is CC(=O)CCCC(C)C.CCCCC/C=C\C/C=C\C/C=C\CCCCC(=O)C(C)C.CCCCCCCCCCCC(=O)C(C)C.CCCCCCCCCCCCCCCCCCCCCCC(C)C. The predicted octanol–water partition coefficient (Wildman–Crippen LogP) is 24.2. The maximum atomic E-state index is 11.4. The van der Waals surface area contributed by atoms with Crippen molar-refractivity contribution in [1.82, 2.24) is 0 Å². The minimum absolute atomic E-state index is 0.196. The average Bonchev–Trinajstić information content (AvgIpc) is 3.34. The van der Waals surface area contributed by atoms with E-state index in [1.165, 1.54) is 218 Å². The van der Waals surface area contributed by atoms with Crippen molar-refractivity contribution in [3.63, 3.8) is 0 Å². The Bertz CT molecular complexity index is 1140. The third-order valence-electron chi connectivity index (χ3n) is 13.8. The van der Waals surface area contributed by atoms with Crippen LogP contribution in [-0.2, 0) is 14.4 Å². The van der Waals surface area contributed by atoms with Gasteiger partial charge in [-0.15, -0.1) is 0 Å². The molecule has 0 amide bonds. The molecule has 0 rings (SSSR count). The number of carbonyl (C=O) groups excluding carboxylic acids is 3. The maximum absolute atomic E-state index is 11.4. The van der Waals surface area contributed by atoms with E-state index < -0.39 is 0 Å². The lowest BCUT2D eigenvalue weighted by molar-refractivity contribution is -0.122. The molecule has 0 atom stereocenters. The lowest BCUT2D eigenvalue weighted by atomic mass is 10.0. The van der Waals surface area contributed by atoms with Crippen molar-refractivity contribution in [2.24, 2.45) is 23.7 Å². The number of allylic oxidation sites excluding steroid dienone is 6. The molecule has 0 saturated heterocycles. The molecule has 0 aromatic rings. The van der Waals surface area contributed by atoms with Crippen molar-refractivity contribution >= 4 is 17.3 Å². The summed E-state index contributed by atoms with van der Waals surface area (Å²) in [7, 11) is 0. The van der Waals surface area contributed by atoms with Gasteiger partial charge in [0.05, 0.1) is 0 Å². The number of ketones is 3. The fourth-order valence-electron chi connectivity index (χ4n) is 8.61. The lowest BCUT2D eigenvalue weighted by Gasteiger charge is -2.05. The zero-order chi connectivity index (χ0) is 54.4. The van der Waals surface area contributed by atoms with E-state index in [0.29, 0.717) is 17.3 Å². The number of hydrogen-bond donors (Lipinski definition) is 0. The number of Topliss-reactive ketones (excluding diaryl/α,β-unsaturated/α-hetero) is 3. The molecule has 0 N–H and O–H groups in total. The van der Waals surface area contributed by atoms with Crippen LogP contribution in [0.1, 0.15) is 366 Å². The largest absolute Gasteiger partial charge is 0.300 e. The minimum Gasteiger partial charge on any atom is -0.300 e. The molecule has 0 spiro atoms. The van der Waals surface area contributed by atoms with Crippen molar-refractivity contribution in [3.05, 3.63) is 36.5 Å². The summed E-state index contributed by atoms with van der Waals surface area (Å²) in [6, 6.07) is 0. The van der Waals surface area contributed by atoms with Gasteiger partial charge in [-0.1, -0.05) is 318 Å². The summed E-state index contributed by atoms with van der Waals surface area (Å²) in [6.07, 6.45) is 71.4. The molecule has 0 aromatic heterocycles. The smallest absolute Gasteiger partial charge is 0.135 e. The number of carbonyl (C=O) groups is 3. The van der Waals surface area contributed by atoms with Gasteiger partial charge in [-0.3, -0.25) is 9.59 Å². The van der Waals surface area contributed by atoms with Crippen molar-refractivity contribution in [3.8, 4) is 0 Å². The molecular formula is C69H134O3. The quantitative estimate of drug-likeness (QED) is 0.0451. The Morgan fingerprint density at radius 3 is 0.847 bits per heavy atom. The van der Waals surface area contributed by atoms with Gasteiger partial charge in [0.1, 0.15) is 17.3 Å². The second kappa shape index (κ2) is 67.2. The molecule has 0 radical (unpaired) electrons. The number of hydrogen-bond acceptors (Lipinski definition) is 3. The fourth-order valence-corrected chi connectivity index (χ4v) is 8.61. The molecule has 0 saturated carbocycles. The van der Waals surface area contributed by atoms with Crippen LogP contribution < -0.4 is 0 Å². The van der Waals surface area contributed by atoms with Gasteiger partial charge in [0.2, 0.25) is 0 Å². The van der Waals surface area contributed by atoms with Crippen LogP contribution in [0.4, 0.5) is 0 Å². The molecule has 0 aliphatic rings. The lowest BCUT2D eigenvalue weighted by Crippen LogP contribution is -2.05. The summed E-state index contributed by atoms with van der Waals surface area (Å²) in [6.45, 7) is 25.5. The highest BCUT2D eigenvalue weighted by Gasteiger charge is 2.07. The van der Waals surface area contributed by atoms with Gasteiger partial charge in [-0.05, 0) is 76.5 Å². The summed E-state index contributed by atoms with van der Waals surface area (Å²) < 4.78 is 0. The van der Waals surface area contributed by atoms with Gasteiger partial charge in [0, 0.05) is 31.1 Å². The zero-order valence-electron chi connectivity index (χ0n) is 51.6. The van der Waals surface area contributed by atoms with Crippen LogP contribution in [0.15, 0.2) is 36.5 Å². The Labute approximate surface area is 455 Å². The Kier molecular flexibility index (Phi) is 71.7. The third-order valence-corrected chi connectivity index (χ3v) is 13.8. The van der Waals surface area contributed by atoms with Gasteiger partial charge in [0.15, 0.2) is 0 Å². The van der Waals surface area contributed by atoms with Gasteiger partial charge >= 0.3 is 0 Å². The zero-order valence-corrected chi connectivity index (χ0v) is 51.6. The molecule has 428 valence electrons. The van der Waals surface area contributed by atoms with Crippen molar-refractivity contribution in [1.29, 1.82) is 0 Å². The molecule has 0 bridgehead atoms. The van der Waals surface area contributed by atoms with Crippen LogP contribution in [0.2, 0.25) is 0 Å². The first kappa shape index (κ1) is 76.7. The normalized spacial score (nSPS) is 11.5. The Balaban J connectivity index is -0.000000451. The summed E-state index contributed by atoms with van der Waals surface area (Å²) in [5.74, 6) is 3.21. The van der Waals surface area contributed by atoms with Crippen LogP contribution in [0.25, 0.3) is 0 Å². The molecule has 0 fully saturated rings. The highest BCUT2D eigenvalue weighted by Crippen LogP contribution is 2.17. The summed E-state index contributed by atoms with van der Waals surface area (Å²) >= 11 is 0. The maximum Gasteiger partial charge on any atom is 0.135 e. The minimum atomic E-state index is 0.196. The molecule has 0 aliphatic carbocycles. The van der Waals surface area contributed by atoms with E-state index in [-0.39, 0.29) is 11.8 Å².